The number of nitrogens with zero attached hydrogens (tertiary/aromatic N) is 1. The van der Waals surface area contributed by atoms with Crippen LogP contribution in [0.4, 0.5) is 23.2 Å². The Balaban J connectivity index is 1.78. The summed E-state index contributed by atoms with van der Waals surface area (Å²) in [6, 6.07) is 8.83. The van der Waals surface area contributed by atoms with Crippen molar-refractivity contribution in [3.8, 4) is 5.75 Å². The van der Waals surface area contributed by atoms with E-state index in [1.54, 1.807) is 30.9 Å². The fourth-order valence-corrected chi connectivity index (χ4v) is 4.12. The van der Waals surface area contributed by atoms with E-state index in [1.807, 2.05) is 6.92 Å². The van der Waals surface area contributed by atoms with Crippen LogP contribution in [0.5, 0.6) is 5.75 Å². The van der Waals surface area contributed by atoms with Gasteiger partial charge < -0.3 is 15.4 Å². The molecule has 1 heterocycles. The highest BCUT2D eigenvalue weighted by molar-refractivity contribution is 8.13. The van der Waals surface area contributed by atoms with Crippen molar-refractivity contribution in [1.82, 2.24) is 5.32 Å². The number of rotatable bonds is 4. The number of hydrogen-bond acceptors (Lipinski definition) is 4. The van der Waals surface area contributed by atoms with Gasteiger partial charge in [0.15, 0.2) is 5.17 Å². The highest BCUT2D eigenvalue weighted by atomic mass is 32.2. The monoisotopic (exact) mass is 441 g/mol. The molecule has 30 heavy (non-hydrogen) atoms. The number of aliphatic imine (C=N–C) groups is 1. The third-order valence-corrected chi connectivity index (χ3v) is 5.59. The number of carbonyl (C=O) groups is 1. The molecule has 2 N–H and O–H groups in total. The van der Waals surface area contributed by atoms with E-state index in [4.69, 9.17) is 0 Å². The number of ether oxygens (including phenoxy) is 1. The SMILES string of the molecule is CN=C1NC(C)(c2ccc(F)c(NC(=O)c3ccc(OC(F)(F)F)cc3)c2)CCS1. The average molecular weight is 441 g/mol. The second-order valence-corrected chi connectivity index (χ2v) is 7.89. The van der Waals surface area contributed by atoms with Crippen molar-refractivity contribution in [2.24, 2.45) is 4.99 Å². The lowest BCUT2D eigenvalue weighted by atomic mass is 9.89. The molecule has 1 aliphatic heterocycles. The topological polar surface area (TPSA) is 62.7 Å². The summed E-state index contributed by atoms with van der Waals surface area (Å²) < 4.78 is 54.8. The van der Waals surface area contributed by atoms with Gasteiger partial charge in [-0.1, -0.05) is 17.8 Å². The first kappa shape index (κ1) is 21.9. The number of halogens is 4. The number of benzene rings is 2. The molecule has 1 amide bonds. The molecule has 0 spiro atoms. The highest BCUT2D eigenvalue weighted by Gasteiger charge is 2.32. The normalized spacial score (nSPS) is 20.5. The van der Waals surface area contributed by atoms with Gasteiger partial charge in [0, 0.05) is 18.4 Å². The summed E-state index contributed by atoms with van der Waals surface area (Å²) in [7, 11) is 1.68. The first-order valence-electron chi connectivity index (χ1n) is 8.94. The fraction of sp³-hybridized carbons (Fsp3) is 0.300. The van der Waals surface area contributed by atoms with E-state index in [9.17, 15) is 22.4 Å². The predicted octanol–water partition coefficient (Wildman–Crippen LogP) is 4.90. The van der Waals surface area contributed by atoms with Crippen molar-refractivity contribution in [1.29, 1.82) is 0 Å². The molecule has 2 aromatic rings. The lowest BCUT2D eigenvalue weighted by Crippen LogP contribution is -2.46. The Bertz CT molecular complexity index is 964. The second kappa shape index (κ2) is 8.55. The quantitative estimate of drug-likeness (QED) is 0.663. The van der Waals surface area contributed by atoms with E-state index in [2.05, 4.69) is 20.4 Å². The van der Waals surface area contributed by atoms with E-state index in [0.29, 0.717) is 0 Å². The summed E-state index contributed by atoms with van der Waals surface area (Å²) in [6.45, 7) is 1.97. The molecule has 0 saturated carbocycles. The Morgan fingerprint density at radius 2 is 1.93 bits per heavy atom. The second-order valence-electron chi connectivity index (χ2n) is 6.81. The summed E-state index contributed by atoms with van der Waals surface area (Å²) in [5.41, 5.74) is 0.330. The molecule has 1 saturated heterocycles. The van der Waals surface area contributed by atoms with E-state index in [-0.39, 0.29) is 11.3 Å². The number of hydrogen-bond donors (Lipinski definition) is 2. The number of amides is 1. The van der Waals surface area contributed by atoms with Crippen LogP contribution < -0.4 is 15.4 Å². The standard InChI is InChI=1S/C20H19F4N3O2S/c1-19(9-10-30-18(25-2)27-19)13-5-8-15(21)16(11-13)26-17(28)12-3-6-14(7-4-12)29-20(22,23)24/h3-8,11H,9-10H2,1-2H3,(H,25,27)(H,26,28). The van der Waals surface area contributed by atoms with E-state index in [1.165, 1.54) is 18.2 Å². The molecule has 1 aliphatic rings. The minimum Gasteiger partial charge on any atom is -0.406 e. The number of anilines is 1. The number of nitrogens with one attached hydrogen (secondary N) is 2. The van der Waals surface area contributed by atoms with Crippen molar-refractivity contribution in [3.63, 3.8) is 0 Å². The predicted molar refractivity (Wildman–Crippen MR) is 108 cm³/mol. The molecule has 0 radical (unpaired) electrons. The van der Waals surface area contributed by atoms with Gasteiger partial charge in [0.25, 0.3) is 5.91 Å². The van der Waals surface area contributed by atoms with Gasteiger partial charge in [-0.2, -0.15) is 0 Å². The van der Waals surface area contributed by atoms with Crippen molar-refractivity contribution in [2.45, 2.75) is 25.2 Å². The molecule has 1 atom stereocenters. The fourth-order valence-electron chi connectivity index (χ4n) is 2.99. The van der Waals surface area contributed by atoms with E-state index >= 15 is 0 Å². The molecule has 5 nitrogen and oxygen atoms in total. The van der Waals surface area contributed by atoms with Crippen LogP contribution in [-0.4, -0.2) is 30.2 Å². The summed E-state index contributed by atoms with van der Waals surface area (Å²) in [5.74, 6) is -0.892. The summed E-state index contributed by atoms with van der Waals surface area (Å²) in [4.78, 5) is 16.6. The van der Waals surface area contributed by atoms with Crippen LogP contribution in [0.1, 0.15) is 29.3 Å². The van der Waals surface area contributed by atoms with Crippen molar-refractivity contribution in [2.75, 3.05) is 18.1 Å². The average Bonchev–Trinajstić information content (AvgIpc) is 2.68. The maximum absolute atomic E-state index is 14.3. The first-order valence-corrected chi connectivity index (χ1v) is 9.93. The lowest BCUT2D eigenvalue weighted by Gasteiger charge is -2.36. The lowest BCUT2D eigenvalue weighted by molar-refractivity contribution is -0.274. The third-order valence-electron chi connectivity index (χ3n) is 4.63. The maximum Gasteiger partial charge on any atom is 0.573 e. The molecule has 1 unspecified atom stereocenters. The van der Waals surface area contributed by atoms with Crippen LogP contribution in [0.15, 0.2) is 47.5 Å². The number of amidine groups is 1. The van der Waals surface area contributed by atoms with Gasteiger partial charge in [0.2, 0.25) is 0 Å². The molecule has 160 valence electrons. The van der Waals surface area contributed by atoms with Crippen molar-refractivity contribution in [3.05, 3.63) is 59.4 Å². The Morgan fingerprint density at radius 1 is 1.23 bits per heavy atom. The van der Waals surface area contributed by atoms with E-state index in [0.717, 1.165) is 35.0 Å². The number of alkyl halides is 3. The smallest absolute Gasteiger partial charge is 0.406 e. The number of carbonyl (C=O) groups excluding carboxylic acids is 1. The minimum atomic E-state index is -4.82. The maximum atomic E-state index is 14.3. The van der Waals surface area contributed by atoms with Gasteiger partial charge in [0.05, 0.1) is 11.2 Å². The number of thioether (sulfide) groups is 1. The van der Waals surface area contributed by atoms with Crippen LogP contribution >= 0.6 is 11.8 Å². The molecular formula is C20H19F4N3O2S. The highest BCUT2D eigenvalue weighted by Crippen LogP contribution is 2.33. The summed E-state index contributed by atoms with van der Waals surface area (Å²) in [6.07, 6.45) is -4.05. The van der Waals surface area contributed by atoms with Gasteiger partial charge in [-0.25, -0.2) is 4.39 Å². The molecule has 10 heteroatoms. The van der Waals surface area contributed by atoms with Crippen LogP contribution in [0.3, 0.4) is 0 Å². The first-order chi connectivity index (χ1) is 14.1. The largest absolute Gasteiger partial charge is 0.573 e. The molecule has 2 aromatic carbocycles. The van der Waals surface area contributed by atoms with Crippen LogP contribution in [0.2, 0.25) is 0 Å². The Kier molecular flexibility index (Phi) is 6.25. The van der Waals surface area contributed by atoms with Crippen molar-refractivity contribution < 1.29 is 27.1 Å². The Morgan fingerprint density at radius 3 is 2.57 bits per heavy atom. The zero-order chi connectivity index (χ0) is 21.9. The molecule has 0 aliphatic carbocycles. The van der Waals surface area contributed by atoms with Gasteiger partial charge in [-0.15, -0.1) is 13.2 Å². The minimum absolute atomic E-state index is 0.0237. The van der Waals surface area contributed by atoms with Crippen LogP contribution in [0.25, 0.3) is 0 Å². The molecule has 0 bridgehead atoms. The molecule has 0 aromatic heterocycles. The van der Waals surface area contributed by atoms with E-state index < -0.39 is 29.4 Å². The Hall–Kier alpha value is -2.75. The van der Waals surface area contributed by atoms with Crippen LogP contribution in [0, 0.1) is 5.82 Å². The van der Waals surface area contributed by atoms with Crippen LogP contribution in [-0.2, 0) is 5.54 Å². The summed E-state index contributed by atoms with van der Waals surface area (Å²) >= 11 is 1.59. The van der Waals surface area contributed by atoms with Gasteiger partial charge in [0.1, 0.15) is 11.6 Å². The Labute approximate surface area is 174 Å². The molecular weight excluding hydrogens is 422 g/mol. The van der Waals surface area contributed by atoms with Gasteiger partial charge >= 0.3 is 6.36 Å². The van der Waals surface area contributed by atoms with Gasteiger partial charge in [-0.3, -0.25) is 9.79 Å². The van der Waals surface area contributed by atoms with Gasteiger partial charge in [-0.05, 0) is 55.3 Å². The van der Waals surface area contributed by atoms with Crippen molar-refractivity contribution >= 4 is 28.5 Å². The molecule has 1 fully saturated rings. The zero-order valence-corrected chi connectivity index (χ0v) is 17.0. The zero-order valence-electron chi connectivity index (χ0n) is 16.1. The third kappa shape index (κ3) is 5.24. The summed E-state index contributed by atoms with van der Waals surface area (Å²) in [5, 5.41) is 6.58. The molecule has 3 rings (SSSR count).